The Bertz CT molecular complexity index is 627. The number of hydrogen-bond donors (Lipinski definition) is 2. The van der Waals surface area contributed by atoms with E-state index in [1.807, 2.05) is 19.2 Å². The lowest BCUT2D eigenvalue weighted by atomic mass is 10.1. The second-order valence-electron chi connectivity index (χ2n) is 5.82. The van der Waals surface area contributed by atoms with Crippen LogP contribution in [0, 0.1) is 6.92 Å². The predicted molar refractivity (Wildman–Crippen MR) is 102 cm³/mol. The first-order chi connectivity index (χ1) is 9.89. The lowest BCUT2D eigenvalue weighted by molar-refractivity contribution is -0.121. The summed E-state index contributed by atoms with van der Waals surface area (Å²) in [6.07, 6.45) is 0.284. The number of halogens is 2. The maximum absolute atomic E-state index is 12.0. The fourth-order valence-corrected chi connectivity index (χ4v) is 2.68. The van der Waals surface area contributed by atoms with Crippen LogP contribution in [0.25, 0.3) is 10.6 Å². The van der Waals surface area contributed by atoms with Gasteiger partial charge in [-0.15, -0.1) is 36.2 Å². The monoisotopic (exact) mass is 375 g/mol. The van der Waals surface area contributed by atoms with Crippen LogP contribution in [-0.2, 0) is 11.2 Å². The summed E-state index contributed by atoms with van der Waals surface area (Å²) in [6.45, 7) is 6.28. The molecule has 0 saturated carbocycles. The second-order valence-corrected chi connectivity index (χ2v) is 6.68. The molecule has 0 bridgehead atoms. The van der Waals surface area contributed by atoms with E-state index in [-0.39, 0.29) is 42.7 Å². The molecular formula is C16H23Cl2N3OS. The third-order valence-electron chi connectivity index (χ3n) is 3.18. The first-order valence-electron chi connectivity index (χ1n) is 6.92. The van der Waals surface area contributed by atoms with Crippen molar-refractivity contribution in [3.05, 3.63) is 40.9 Å². The molecule has 128 valence electrons. The van der Waals surface area contributed by atoms with Crippen molar-refractivity contribution in [2.24, 2.45) is 5.73 Å². The fraction of sp³-hybridized carbons (Fsp3) is 0.375. The van der Waals surface area contributed by atoms with Crippen molar-refractivity contribution >= 4 is 42.1 Å². The minimum Gasteiger partial charge on any atom is -0.350 e. The molecule has 23 heavy (non-hydrogen) atoms. The molecule has 0 radical (unpaired) electrons. The van der Waals surface area contributed by atoms with Crippen molar-refractivity contribution in [1.82, 2.24) is 10.3 Å². The Labute approximate surface area is 153 Å². The summed E-state index contributed by atoms with van der Waals surface area (Å²) in [5, 5.41) is 5.79. The Morgan fingerprint density at radius 3 is 2.43 bits per heavy atom. The molecule has 0 atom stereocenters. The SMILES string of the molecule is Cc1ccc(-c2nc(CC(=O)NC(C)(C)CN)cs2)cc1.Cl.Cl. The molecule has 1 aromatic carbocycles. The highest BCUT2D eigenvalue weighted by molar-refractivity contribution is 7.13. The quantitative estimate of drug-likeness (QED) is 0.841. The lowest BCUT2D eigenvalue weighted by Crippen LogP contribution is -2.49. The average molecular weight is 376 g/mol. The zero-order valence-electron chi connectivity index (χ0n) is 13.5. The van der Waals surface area contributed by atoms with Gasteiger partial charge in [0.2, 0.25) is 5.91 Å². The van der Waals surface area contributed by atoms with E-state index in [0.717, 1.165) is 16.3 Å². The molecule has 0 aliphatic carbocycles. The van der Waals surface area contributed by atoms with E-state index in [2.05, 4.69) is 41.5 Å². The lowest BCUT2D eigenvalue weighted by Gasteiger charge is -2.23. The molecule has 0 fully saturated rings. The molecule has 1 amide bonds. The van der Waals surface area contributed by atoms with Crippen LogP contribution in [0.15, 0.2) is 29.6 Å². The van der Waals surface area contributed by atoms with Crippen LogP contribution in [0.2, 0.25) is 0 Å². The molecule has 0 spiro atoms. The molecule has 7 heteroatoms. The average Bonchev–Trinajstić information content (AvgIpc) is 2.87. The van der Waals surface area contributed by atoms with Crippen LogP contribution >= 0.6 is 36.2 Å². The van der Waals surface area contributed by atoms with Crippen LogP contribution in [0.1, 0.15) is 25.1 Å². The van der Waals surface area contributed by atoms with E-state index >= 15 is 0 Å². The number of amides is 1. The van der Waals surface area contributed by atoms with E-state index < -0.39 is 0 Å². The standard InChI is InChI=1S/C16H21N3OS.2ClH/c1-11-4-6-12(7-5-11)15-18-13(9-21-15)8-14(20)19-16(2,3)10-17;;/h4-7,9H,8,10,17H2,1-3H3,(H,19,20);2*1H. The van der Waals surface area contributed by atoms with Gasteiger partial charge in [0, 0.05) is 23.0 Å². The maximum atomic E-state index is 12.0. The topological polar surface area (TPSA) is 68.0 Å². The first kappa shape index (κ1) is 21.9. The number of nitrogens with zero attached hydrogens (tertiary/aromatic N) is 1. The number of thiazole rings is 1. The van der Waals surface area contributed by atoms with Crippen molar-refractivity contribution < 1.29 is 4.79 Å². The first-order valence-corrected chi connectivity index (χ1v) is 7.80. The van der Waals surface area contributed by atoms with Crippen LogP contribution in [0.4, 0.5) is 0 Å². The minimum atomic E-state index is -0.382. The van der Waals surface area contributed by atoms with Gasteiger partial charge >= 0.3 is 0 Å². The zero-order valence-corrected chi connectivity index (χ0v) is 15.9. The van der Waals surface area contributed by atoms with Gasteiger partial charge in [-0.3, -0.25) is 4.79 Å². The number of nitrogens with two attached hydrogens (primary N) is 1. The third kappa shape index (κ3) is 6.47. The molecule has 4 nitrogen and oxygen atoms in total. The highest BCUT2D eigenvalue weighted by atomic mass is 35.5. The van der Waals surface area contributed by atoms with Crippen LogP contribution < -0.4 is 11.1 Å². The number of carbonyl (C=O) groups is 1. The molecule has 0 unspecified atom stereocenters. The molecule has 2 aromatic rings. The van der Waals surface area contributed by atoms with Crippen molar-refractivity contribution in [2.75, 3.05) is 6.54 Å². The molecule has 1 heterocycles. The molecule has 2 rings (SSSR count). The van der Waals surface area contributed by atoms with Gasteiger partial charge in [0.25, 0.3) is 0 Å². The number of aryl methyl sites for hydroxylation is 1. The summed E-state index contributed by atoms with van der Waals surface area (Å²) in [4.78, 5) is 16.5. The largest absolute Gasteiger partial charge is 0.350 e. The Balaban J connectivity index is 0.00000242. The highest BCUT2D eigenvalue weighted by Gasteiger charge is 2.19. The van der Waals surface area contributed by atoms with E-state index in [1.54, 1.807) is 11.3 Å². The van der Waals surface area contributed by atoms with Crippen LogP contribution in [-0.4, -0.2) is 23.0 Å². The number of benzene rings is 1. The molecule has 0 aliphatic heterocycles. The number of aromatic nitrogens is 1. The number of rotatable bonds is 5. The van der Waals surface area contributed by atoms with Crippen molar-refractivity contribution in [1.29, 1.82) is 0 Å². The van der Waals surface area contributed by atoms with E-state index in [4.69, 9.17) is 5.73 Å². The summed E-state index contributed by atoms with van der Waals surface area (Å²) in [5.41, 5.74) is 8.33. The molecule has 0 aliphatic rings. The normalized spacial score (nSPS) is 10.4. The van der Waals surface area contributed by atoms with E-state index in [1.165, 1.54) is 5.56 Å². The van der Waals surface area contributed by atoms with Gasteiger partial charge in [0.05, 0.1) is 12.1 Å². The molecule has 0 saturated heterocycles. The Morgan fingerprint density at radius 2 is 1.87 bits per heavy atom. The summed E-state index contributed by atoms with van der Waals surface area (Å²) in [5.74, 6) is -0.0498. The van der Waals surface area contributed by atoms with E-state index in [0.29, 0.717) is 6.54 Å². The van der Waals surface area contributed by atoms with Gasteiger partial charge < -0.3 is 11.1 Å². The smallest absolute Gasteiger partial charge is 0.226 e. The Kier molecular flexibility index (Phi) is 8.77. The molecule has 1 aromatic heterocycles. The molecular weight excluding hydrogens is 353 g/mol. The number of hydrogen-bond acceptors (Lipinski definition) is 4. The van der Waals surface area contributed by atoms with Crippen molar-refractivity contribution in [3.63, 3.8) is 0 Å². The van der Waals surface area contributed by atoms with Crippen molar-refractivity contribution in [2.45, 2.75) is 32.7 Å². The Morgan fingerprint density at radius 1 is 1.26 bits per heavy atom. The number of nitrogens with one attached hydrogen (secondary N) is 1. The predicted octanol–water partition coefficient (Wildman–Crippen LogP) is 3.36. The summed E-state index contributed by atoms with van der Waals surface area (Å²) < 4.78 is 0. The zero-order chi connectivity index (χ0) is 15.5. The highest BCUT2D eigenvalue weighted by Crippen LogP contribution is 2.24. The molecule has 3 N–H and O–H groups in total. The van der Waals surface area contributed by atoms with Gasteiger partial charge in [-0.25, -0.2) is 4.98 Å². The van der Waals surface area contributed by atoms with Crippen LogP contribution in [0.3, 0.4) is 0 Å². The maximum Gasteiger partial charge on any atom is 0.226 e. The van der Waals surface area contributed by atoms with E-state index in [9.17, 15) is 4.79 Å². The number of carbonyl (C=O) groups excluding carboxylic acids is 1. The second kappa shape index (κ2) is 9.23. The van der Waals surface area contributed by atoms with Gasteiger partial charge in [-0.2, -0.15) is 0 Å². The van der Waals surface area contributed by atoms with Gasteiger partial charge in [-0.05, 0) is 20.8 Å². The Hall–Kier alpha value is -1.14. The van der Waals surface area contributed by atoms with Crippen LogP contribution in [0.5, 0.6) is 0 Å². The summed E-state index contributed by atoms with van der Waals surface area (Å²) in [7, 11) is 0. The van der Waals surface area contributed by atoms with Crippen molar-refractivity contribution in [3.8, 4) is 10.6 Å². The summed E-state index contributed by atoms with van der Waals surface area (Å²) >= 11 is 1.56. The summed E-state index contributed by atoms with van der Waals surface area (Å²) in [6, 6.07) is 8.23. The fourth-order valence-electron chi connectivity index (χ4n) is 1.85. The third-order valence-corrected chi connectivity index (χ3v) is 4.12. The minimum absolute atomic E-state index is 0. The van der Waals surface area contributed by atoms with Gasteiger partial charge in [0.1, 0.15) is 5.01 Å². The van der Waals surface area contributed by atoms with Gasteiger partial charge in [-0.1, -0.05) is 29.8 Å². The van der Waals surface area contributed by atoms with Gasteiger partial charge in [0.15, 0.2) is 0 Å².